The summed E-state index contributed by atoms with van der Waals surface area (Å²) in [5.41, 5.74) is 1.67. The minimum absolute atomic E-state index is 0.164. The molecular formula is C16H26O3. The monoisotopic (exact) mass is 266 g/mol. The fourth-order valence-corrected chi connectivity index (χ4v) is 1.83. The van der Waals surface area contributed by atoms with Crippen LogP contribution in [-0.2, 0) is 14.3 Å². The molecule has 0 aliphatic heterocycles. The van der Waals surface area contributed by atoms with Crippen molar-refractivity contribution >= 4 is 12.3 Å². The molecule has 0 aromatic heterocycles. The first-order valence-electron chi connectivity index (χ1n) is 6.85. The fourth-order valence-electron chi connectivity index (χ4n) is 1.83. The molecule has 0 aromatic carbocycles. The van der Waals surface area contributed by atoms with Crippen molar-refractivity contribution in [1.82, 2.24) is 0 Å². The Balaban J connectivity index is 4.33. The van der Waals surface area contributed by atoms with Gasteiger partial charge in [0.05, 0.1) is 6.61 Å². The minimum atomic E-state index is -0.397. The normalized spacial score (nSPS) is 13.3. The molecular weight excluding hydrogens is 240 g/mol. The second-order valence-corrected chi connectivity index (χ2v) is 5.16. The minimum Gasteiger partial charge on any atom is -0.463 e. The Morgan fingerprint density at radius 2 is 2.00 bits per heavy atom. The summed E-state index contributed by atoms with van der Waals surface area (Å²) in [5.74, 6) is -0.326. The Kier molecular flexibility index (Phi) is 8.84. The molecule has 0 radical (unpaired) electrons. The zero-order chi connectivity index (χ0) is 14.8. The zero-order valence-electron chi connectivity index (χ0n) is 12.6. The topological polar surface area (TPSA) is 43.4 Å². The van der Waals surface area contributed by atoms with E-state index in [2.05, 4.69) is 26.5 Å². The summed E-state index contributed by atoms with van der Waals surface area (Å²) in [6, 6.07) is 0. The van der Waals surface area contributed by atoms with Crippen LogP contribution >= 0.6 is 0 Å². The first kappa shape index (κ1) is 17.6. The smallest absolute Gasteiger partial charge is 0.333 e. The van der Waals surface area contributed by atoms with E-state index in [1.807, 2.05) is 6.92 Å². The van der Waals surface area contributed by atoms with E-state index in [4.69, 9.17) is 4.74 Å². The van der Waals surface area contributed by atoms with Gasteiger partial charge in [-0.3, -0.25) is 0 Å². The van der Waals surface area contributed by atoms with E-state index in [1.165, 1.54) is 5.57 Å². The largest absolute Gasteiger partial charge is 0.463 e. The molecule has 0 rings (SSSR count). The van der Waals surface area contributed by atoms with Crippen LogP contribution in [0.4, 0.5) is 0 Å². The maximum Gasteiger partial charge on any atom is 0.333 e. The molecule has 0 saturated heterocycles. The van der Waals surface area contributed by atoms with E-state index in [0.717, 1.165) is 19.1 Å². The van der Waals surface area contributed by atoms with Gasteiger partial charge in [-0.1, -0.05) is 25.2 Å². The van der Waals surface area contributed by atoms with Crippen LogP contribution in [0, 0.1) is 11.8 Å². The molecule has 2 atom stereocenters. The third-order valence-corrected chi connectivity index (χ3v) is 3.13. The lowest BCUT2D eigenvalue weighted by Crippen LogP contribution is -2.17. The molecule has 3 nitrogen and oxygen atoms in total. The van der Waals surface area contributed by atoms with E-state index in [9.17, 15) is 9.59 Å². The summed E-state index contributed by atoms with van der Waals surface area (Å²) in [6.07, 6.45) is 5.37. The quantitative estimate of drug-likeness (QED) is 0.277. The number of esters is 1. The molecule has 0 N–H and O–H groups in total. The SMILES string of the molecule is C=C(C[C@H](C=O)[C@@H](C)CCC=C(C)C)C(=O)OCC. The molecule has 0 saturated carbocycles. The molecule has 0 spiro atoms. The lowest BCUT2D eigenvalue weighted by atomic mass is 9.86. The number of allylic oxidation sites excluding steroid dienone is 2. The predicted octanol–water partition coefficient (Wildman–Crippen LogP) is 3.69. The molecule has 0 amide bonds. The van der Waals surface area contributed by atoms with Crippen molar-refractivity contribution in [1.29, 1.82) is 0 Å². The van der Waals surface area contributed by atoms with Crippen LogP contribution in [-0.4, -0.2) is 18.9 Å². The van der Waals surface area contributed by atoms with Gasteiger partial charge in [-0.25, -0.2) is 4.79 Å². The third-order valence-electron chi connectivity index (χ3n) is 3.13. The van der Waals surface area contributed by atoms with Crippen LogP contribution < -0.4 is 0 Å². The second kappa shape index (κ2) is 9.54. The van der Waals surface area contributed by atoms with E-state index >= 15 is 0 Å². The molecule has 0 fully saturated rings. The summed E-state index contributed by atoms with van der Waals surface area (Å²) in [7, 11) is 0. The number of carbonyl (C=O) groups excluding carboxylic acids is 2. The Bertz CT molecular complexity index is 338. The van der Waals surface area contributed by atoms with Gasteiger partial charge < -0.3 is 9.53 Å². The Hall–Kier alpha value is -1.38. The first-order chi connectivity index (χ1) is 8.92. The van der Waals surface area contributed by atoms with Gasteiger partial charge in [-0.05, 0) is 46.0 Å². The fraction of sp³-hybridized carbons (Fsp3) is 0.625. The Morgan fingerprint density at radius 1 is 1.37 bits per heavy atom. The molecule has 0 aromatic rings. The van der Waals surface area contributed by atoms with Gasteiger partial charge in [-0.15, -0.1) is 0 Å². The summed E-state index contributed by atoms with van der Waals surface area (Å²) < 4.78 is 4.88. The first-order valence-corrected chi connectivity index (χ1v) is 6.85. The average Bonchev–Trinajstić information content (AvgIpc) is 2.35. The van der Waals surface area contributed by atoms with Crippen molar-refractivity contribution in [2.45, 2.75) is 47.0 Å². The summed E-state index contributed by atoms with van der Waals surface area (Å²) in [4.78, 5) is 22.6. The number of ether oxygens (including phenoxy) is 1. The Labute approximate surface area is 116 Å². The molecule has 0 unspecified atom stereocenters. The van der Waals surface area contributed by atoms with E-state index in [0.29, 0.717) is 18.6 Å². The lowest BCUT2D eigenvalue weighted by Gasteiger charge is -2.18. The predicted molar refractivity (Wildman–Crippen MR) is 77.8 cm³/mol. The summed E-state index contributed by atoms with van der Waals surface area (Å²) in [5, 5.41) is 0. The van der Waals surface area contributed by atoms with Gasteiger partial charge in [0.25, 0.3) is 0 Å². The highest BCUT2D eigenvalue weighted by Crippen LogP contribution is 2.23. The maximum atomic E-state index is 11.5. The molecule has 0 aliphatic rings. The highest BCUT2D eigenvalue weighted by Gasteiger charge is 2.20. The van der Waals surface area contributed by atoms with Crippen molar-refractivity contribution in [3.05, 3.63) is 23.8 Å². The van der Waals surface area contributed by atoms with Crippen molar-refractivity contribution < 1.29 is 14.3 Å². The highest BCUT2D eigenvalue weighted by atomic mass is 16.5. The summed E-state index contributed by atoms with van der Waals surface area (Å²) >= 11 is 0. The number of hydrogen-bond acceptors (Lipinski definition) is 3. The molecule has 0 aliphatic carbocycles. The molecule has 19 heavy (non-hydrogen) atoms. The van der Waals surface area contributed by atoms with E-state index in [1.54, 1.807) is 6.92 Å². The number of aldehydes is 1. The van der Waals surface area contributed by atoms with Gasteiger partial charge in [-0.2, -0.15) is 0 Å². The number of carbonyl (C=O) groups is 2. The molecule has 0 heterocycles. The zero-order valence-corrected chi connectivity index (χ0v) is 12.6. The average molecular weight is 266 g/mol. The number of hydrogen-bond donors (Lipinski definition) is 0. The standard InChI is InChI=1S/C16H26O3/c1-6-19-16(18)14(5)10-15(11-17)13(4)9-7-8-12(2)3/h8,11,13,15H,5-7,9-10H2,1-4H3/t13-,15+/m0/s1. The lowest BCUT2D eigenvalue weighted by molar-refractivity contribution is -0.138. The highest BCUT2D eigenvalue weighted by molar-refractivity contribution is 5.88. The van der Waals surface area contributed by atoms with Crippen LogP contribution in [0.1, 0.15) is 47.0 Å². The van der Waals surface area contributed by atoms with Gasteiger partial charge in [0.2, 0.25) is 0 Å². The van der Waals surface area contributed by atoms with Crippen molar-refractivity contribution in [2.75, 3.05) is 6.61 Å². The van der Waals surface area contributed by atoms with Crippen LogP contribution in [0.2, 0.25) is 0 Å². The van der Waals surface area contributed by atoms with E-state index < -0.39 is 5.97 Å². The van der Waals surface area contributed by atoms with Crippen LogP contribution in [0.3, 0.4) is 0 Å². The third kappa shape index (κ3) is 7.60. The second-order valence-electron chi connectivity index (χ2n) is 5.16. The summed E-state index contributed by atoms with van der Waals surface area (Å²) in [6.45, 7) is 12.0. The number of rotatable bonds is 9. The Morgan fingerprint density at radius 3 is 2.47 bits per heavy atom. The van der Waals surface area contributed by atoms with Gasteiger partial charge in [0, 0.05) is 11.5 Å². The van der Waals surface area contributed by atoms with Gasteiger partial charge in [0.1, 0.15) is 6.29 Å². The van der Waals surface area contributed by atoms with Crippen molar-refractivity contribution in [2.24, 2.45) is 11.8 Å². The van der Waals surface area contributed by atoms with Crippen molar-refractivity contribution in [3.8, 4) is 0 Å². The van der Waals surface area contributed by atoms with Crippen LogP contribution in [0.15, 0.2) is 23.8 Å². The molecule has 0 bridgehead atoms. The van der Waals surface area contributed by atoms with Gasteiger partial charge >= 0.3 is 5.97 Å². The molecule has 3 heteroatoms. The van der Waals surface area contributed by atoms with E-state index in [-0.39, 0.29) is 11.8 Å². The maximum absolute atomic E-state index is 11.5. The van der Waals surface area contributed by atoms with Gasteiger partial charge in [0.15, 0.2) is 0 Å². The molecule has 108 valence electrons. The van der Waals surface area contributed by atoms with Crippen LogP contribution in [0.5, 0.6) is 0 Å². The van der Waals surface area contributed by atoms with Crippen LogP contribution in [0.25, 0.3) is 0 Å². The van der Waals surface area contributed by atoms with Crippen molar-refractivity contribution in [3.63, 3.8) is 0 Å².